The van der Waals surface area contributed by atoms with Crippen molar-refractivity contribution in [1.82, 2.24) is 4.98 Å². The molecular weight excluding hydrogens is 182 g/mol. The van der Waals surface area contributed by atoms with Crippen LogP contribution >= 0.6 is 0 Å². The van der Waals surface area contributed by atoms with Crippen molar-refractivity contribution in [2.75, 3.05) is 7.11 Å². The van der Waals surface area contributed by atoms with Crippen molar-refractivity contribution in [3.05, 3.63) is 41.4 Å². The number of carbonyl (C=O) groups excluding carboxylic acids is 2. The molecule has 2 rings (SSSR count). The number of allylic oxidation sites excluding steroid dienone is 2. The van der Waals surface area contributed by atoms with Crippen LogP contribution in [0.2, 0.25) is 0 Å². The Bertz CT molecular complexity index is 448. The second kappa shape index (κ2) is 3.06. The average molecular weight is 189 g/mol. The summed E-state index contributed by atoms with van der Waals surface area (Å²) in [7, 11) is 1.36. The Morgan fingerprint density at radius 3 is 2.79 bits per heavy atom. The van der Waals surface area contributed by atoms with E-state index in [0.29, 0.717) is 11.1 Å². The molecule has 0 spiro atoms. The molecule has 1 heterocycles. The number of hydrogen-bond donors (Lipinski definition) is 0. The van der Waals surface area contributed by atoms with Crippen LogP contribution < -0.4 is 0 Å². The Labute approximate surface area is 80.2 Å². The lowest BCUT2D eigenvalue weighted by Crippen LogP contribution is -2.18. The second-order valence-corrected chi connectivity index (χ2v) is 2.83. The zero-order valence-corrected chi connectivity index (χ0v) is 7.48. The van der Waals surface area contributed by atoms with E-state index in [2.05, 4.69) is 4.98 Å². The Morgan fingerprint density at radius 2 is 2.07 bits per heavy atom. The maximum Gasteiger partial charge on any atom is 0.229 e. The smallest absolute Gasteiger partial charge is 0.229 e. The molecule has 0 radical (unpaired) electrons. The third-order valence-electron chi connectivity index (χ3n) is 2.04. The molecule has 0 saturated heterocycles. The van der Waals surface area contributed by atoms with E-state index in [1.807, 2.05) is 0 Å². The lowest BCUT2D eigenvalue weighted by atomic mass is 9.96. The summed E-state index contributed by atoms with van der Waals surface area (Å²) in [6.45, 7) is 0. The normalized spacial score (nSPS) is 14.8. The molecule has 1 aliphatic rings. The molecule has 0 saturated carbocycles. The van der Waals surface area contributed by atoms with E-state index >= 15 is 0 Å². The van der Waals surface area contributed by atoms with E-state index in [1.165, 1.54) is 31.6 Å². The van der Waals surface area contributed by atoms with Gasteiger partial charge in [0.1, 0.15) is 0 Å². The first kappa shape index (κ1) is 8.62. The molecular formula is C10H7NO3. The van der Waals surface area contributed by atoms with Gasteiger partial charge < -0.3 is 4.74 Å². The summed E-state index contributed by atoms with van der Waals surface area (Å²) < 4.78 is 4.79. The highest BCUT2D eigenvalue weighted by Gasteiger charge is 2.25. The Kier molecular flexibility index (Phi) is 1.89. The maximum atomic E-state index is 11.6. The van der Waals surface area contributed by atoms with Crippen molar-refractivity contribution < 1.29 is 14.3 Å². The summed E-state index contributed by atoms with van der Waals surface area (Å²) in [5.74, 6) is -0.454. The molecule has 4 nitrogen and oxygen atoms in total. The van der Waals surface area contributed by atoms with E-state index in [-0.39, 0.29) is 17.3 Å². The summed E-state index contributed by atoms with van der Waals surface area (Å²) in [6, 6.07) is 1.53. The Hall–Kier alpha value is -1.97. The molecule has 4 heteroatoms. The number of aromatic nitrogens is 1. The van der Waals surface area contributed by atoms with Gasteiger partial charge in [0.05, 0.1) is 12.7 Å². The average Bonchev–Trinajstić information content (AvgIpc) is 2.23. The summed E-state index contributed by atoms with van der Waals surface area (Å²) in [5, 5.41) is 0. The number of rotatable bonds is 1. The third kappa shape index (κ3) is 1.12. The first-order valence-corrected chi connectivity index (χ1v) is 4.03. The molecule has 0 unspecified atom stereocenters. The minimum atomic E-state index is -0.296. The number of hydrogen-bond acceptors (Lipinski definition) is 4. The molecule has 1 aliphatic carbocycles. The van der Waals surface area contributed by atoms with Gasteiger partial charge in [0.15, 0.2) is 11.5 Å². The zero-order chi connectivity index (χ0) is 10.1. The number of nitrogens with zero attached hydrogens (tertiary/aromatic N) is 1. The van der Waals surface area contributed by atoms with Crippen LogP contribution in [0, 0.1) is 0 Å². The molecule has 0 fully saturated rings. The number of ketones is 2. The number of fused-ring (bicyclic) bond motifs is 1. The van der Waals surface area contributed by atoms with Crippen LogP contribution in [0.1, 0.15) is 20.7 Å². The number of pyridine rings is 1. The highest BCUT2D eigenvalue weighted by atomic mass is 16.5. The number of Topliss-reactive ketones (excluding diaryl/α,β-unsaturated/α-hetero) is 1. The van der Waals surface area contributed by atoms with Gasteiger partial charge in [-0.05, 0) is 6.07 Å². The van der Waals surface area contributed by atoms with Crippen LogP contribution in [-0.2, 0) is 4.74 Å². The third-order valence-corrected chi connectivity index (χ3v) is 2.04. The van der Waals surface area contributed by atoms with Crippen LogP contribution in [0.25, 0.3) is 0 Å². The predicted molar refractivity (Wildman–Crippen MR) is 48.0 cm³/mol. The molecule has 0 N–H and O–H groups in total. The van der Waals surface area contributed by atoms with Gasteiger partial charge in [-0.15, -0.1) is 0 Å². The molecule has 1 aromatic heterocycles. The molecule has 70 valence electrons. The lowest BCUT2D eigenvalue weighted by Gasteiger charge is -2.12. The van der Waals surface area contributed by atoms with Gasteiger partial charge in [0.25, 0.3) is 0 Å². The highest BCUT2D eigenvalue weighted by molar-refractivity contribution is 6.23. The molecule has 14 heavy (non-hydrogen) atoms. The summed E-state index contributed by atoms with van der Waals surface area (Å²) in [6.07, 6.45) is 4.06. The molecule has 0 amide bonds. The second-order valence-electron chi connectivity index (χ2n) is 2.83. The summed E-state index contributed by atoms with van der Waals surface area (Å²) >= 11 is 0. The molecule has 0 atom stereocenters. The largest absolute Gasteiger partial charge is 0.492 e. The lowest BCUT2D eigenvalue weighted by molar-refractivity contribution is 0.0916. The predicted octanol–water partition coefficient (Wildman–Crippen LogP) is 0.991. The minimum Gasteiger partial charge on any atom is -0.492 e. The number of ether oxygens (including phenoxy) is 1. The number of carbonyl (C=O) groups is 2. The molecule has 0 aliphatic heterocycles. The van der Waals surface area contributed by atoms with Crippen molar-refractivity contribution in [1.29, 1.82) is 0 Å². The van der Waals surface area contributed by atoms with Crippen molar-refractivity contribution in [2.24, 2.45) is 0 Å². The van der Waals surface area contributed by atoms with Gasteiger partial charge in [0.2, 0.25) is 5.78 Å². The Morgan fingerprint density at radius 1 is 1.29 bits per heavy atom. The van der Waals surface area contributed by atoms with Crippen LogP contribution in [0.4, 0.5) is 0 Å². The van der Waals surface area contributed by atoms with E-state index in [9.17, 15) is 9.59 Å². The maximum absolute atomic E-state index is 11.6. The van der Waals surface area contributed by atoms with Crippen molar-refractivity contribution in [2.45, 2.75) is 0 Å². The van der Waals surface area contributed by atoms with Gasteiger partial charge in [0, 0.05) is 24.0 Å². The topological polar surface area (TPSA) is 56.3 Å². The van der Waals surface area contributed by atoms with Crippen molar-refractivity contribution in [3.63, 3.8) is 0 Å². The SMILES string of the molecule is COC1=CC(=O)c2ccncc2C1=O. The first-order chi connectivity index (χ1) is 6.74. The quantitative estimate of drug-likeness (QED) is 0.661. The molecule has 0 bridgehead atoms. The van der Waals surface area contributed by atoms with Gasteiger partial charge in [-0.3, -0.25) is 14.6 Å². The minimum absolute atomic E-state index is 0.0653. The van der Waals surface area contributed by atoms with E-state index in [1.54, 1.807) is 0 Å². The van der Waals surface area contributed by atoms with Gasteiger partial charge in [-0.1, -0.05) is 0 Å². The molecule has 0 aromatic carbocycles. The van der Waals surface area contributed by atoms with Crippen LogP contribution in [0.15, 0.2) is 30.3 Å². The highest BCUT2D eigenvalue weighted by Crippen LogP contribution is 2.19. The van der Waals surface area contributed by atoms with E-state index in [4.69, 9.17) is 4.74 Å². The van der Waals surface area contributed by atoms with Crippen LogP contribution in [0.5, 0.6) is 0 Å². The fourth-order valence-electron chi connectivity index (χ4n) is 1.34. The van der Waals surface area contributed by atoms with E-state index in [0.717, 1.165) is 0 Å². The van der Waals surface area contributed by atoms with Crippen molar-refractivity contribution >= 4 is 11.6 Å². The zero-order valence-electron chi connectivity index (χ0n) is 7.48. The standard InChI is InChI=1S/C10H7NO3/c1-14-9-4-8(12)6-2-3-11-5-7(6)10(9)13/h2-5H,1H3. The van der Waals surface area contributed by atoms with Gasteiger partial charge in [-0.25, -0.2) is 0 Å². The molecule has 1 aromatic rings. The van der Waals surface area contributed by atoms with Crippen molar-refractivity contribution in [3.8, 4) is 0 Å². The van der Waals surface area contributed by atoms with Gasteiger partial charge in [-0.2, -0.15) is 0 Å². The van der Waals surface area contributed by atoms with E-state index < -0.39 is 0 Å². The fourth-order valence-corrected chi connectivity index (χ4v) is 1.34. The summed E-state index contributed by atoms with van der Waals surface area (Å²) in [5.41, 5.74) is 0.683. The van der Waals surface area contributed by atoms with Crippen LogP contribution in [-0.4, -0.2) is 23.7 Å². The Balaban J connectivity index is 2.61. The number of methoxy groups -OCH3 is 1. The van der Waals surface area contributed by atoms with Gasteiger partial charge >= 0.3 is 0 Å². The first-order valence-electron chi connectivity index (χ1n) is 4.03. The fraction of sp³-hybridized carbons (Fsp3) is 0.100. The summed E-state index contributed by atoms with van der Waals surface area (Å²) in [4.78, 5) is 26.9. The monoisotopic (exact) mass is 189 g/mol. The van der Waals surface area contributed by atoms with Crippen LogP contribution in [0.3, 0.4) is 0 Å².